The molecular formula is C28H35N3O3S. The lowest BCUT2D eigenvalue weighted by molar-refractivity contribution is -0.133. The van der Waals surface area contributed by atoms with E-state index in [0.29, 0.717) is 5.56 Å². The maximum Gasteiger partial charge on any atom is 0.256 e. The molecule has 1 saturated heterocycles. The van der Waals surface area contributed by atoms with Gasteiger partial charge in [0.1, 0.15) is 17.5 Å². The molecule has 1 fully saturated rings. The predicted octanol–water partition coefficient (Wildman–Crippen LogP) is 4.31. The van der Waals surface area contributed by atoms with Crippen LogP contribution >= 0.6 is 11.8 Å². The van der Waals surface area contributed by atoms with Gasteiger partial charge >= 0.3 is 0 Å². The van der Waals surface area contributed by atoms with Crippen LogP contribution in [-0.2, 0) is 16.0 Å². The van der Waals surface area contributed by atoms with Crippen LogP contribution in [0.1, 0.15) is 67.9 Å². The number of benzene rings is 2. The molecule has 0 unspecified atom stereocenters. The number of rotatable bonds is 8. The topological polar surface area (TPSA) is 78.5 Å². The van der Waals surface area contributed by atoms with Gasteiger partial charge in [0.15, 0.2) is 0 Å². The molecule has 0 bridgehead atoms. The summed E-state index contributed by atoms with van der Waals surface area (Å²) in [5.74, 6) is -0.689. The van der Waals surface area contributed by atoms with Crippen molar-refractivity contribution in [1.82, 2.24) is 15.5 Å². The number of fused-ring (bicyclic) bond motifs is 3. The van der Waals surface area contributed by atoms with Crippen LogP contribution in [0.3, 0.4) is 0 Å². The Hall–Kier alpha value is -2.80. The molecule has 4 rings (SSSR count). The first-order chi connectivity index (χ1) is 16.6. The molecule has 0 aromatic heterocycles. The van der Waals surface area contributed by atoms with E-state index < -0.39 is 16.8 Å². The number of thioether (sulfide) groups is 1. The van der Waals surface area contributed by atoms with Crippen molar-refractivity contribution in [2.24, 2.45) is 5.92 Å². The lowest BCUT2D eigenvalue weighted by Gasteiger charge is -2.32. The normalized spacial score (nSPS) is 21.9. The minimum atomic E-state index is -0.679. The van der Waals surface area contributed by atoms with Gasteiger partial charge in [-0.05, 0) is 56.7 Å². The number of hydrogen-bond donors (Lipinski definition) is 2. The maximum atomic E-state index is 13.6. The second-order valence-corrected chi connectivity index (χ2v) is 12.2. The SMILES string of the molecule is CC(C)[C@H](NC(=O)[C@@H]1N2C(=O)c3ccccc3[C@@H]2SC1(C)C)C(=O)N[C@@H](C)CCc1ccccc1. The number of hydrogen-bond acceptors (Lipinski definition) is 4. The van der Waals surface area contributed by atoms with E-state index in [1.165, 1.54) is 5.56 Å². The molecule has 2 heterocycles. The van der Waals surface area contributed by atoms with Gasteiger partial charge in [-0.25, -0.2) is 0 Å². The van der Waals surface area contributed by atoms with Crippen molar-refractivity contribution in [3.05, 3.63) is 71.3 Å². The molecule has 186 valence electrons. The average Bonchev–Trinajstić information content (AvgIpc) is 3.25. The van der Waals surface area contributed by atoms with E-state index in [0.717, 1.165) is 18.4 Å². The van der Waals surface area contributed by atoms with Gasteiger partial charge in [-0.2, -0.15) is 0 Å². The lowest BCUT2D eigenvalue weighted by atomic mass is 9.97. The molecule has 0 saturated carbocycles. The van der Waals surface area contributed by atoms with E-state index in [2.05, 4.69) is 22.8 Å². The summed E-state index contributed by atoms with van der Waals surface area (Å²) in [5, 5.41) is 5.89. The zero-order valence-corrected chi connectivity index (χ0v) is 21.9. The third-order valence-corrected chi connectivity index (χ3v) is 8.42. The molecule has 2 aliphatic rings. The van der Waals surface area contributed by atoms with Crippen LogP contribution in [-0.4, -0.2) is 45.5 Å². The molecule has 0 radical (unpaired) electrons. The summed E-state index contributed by atoms with van der Waals surface area (Å²) in [6, 6.07) is 16.4. The van der Waals surface area contributed by atoms with Crippen molar-refractivity contribution in [3.8, 4) is 0 Å². The third-order valence-electron chi connectivity index (χ3n) is 6.89. The first-order valence-corrected chi connectivity index (χ1v) is 13.2. The molecule has 2 N–H and O–H groups in total. The third kappa shape index (κ3) is 5.10. The summed E-state index contributed by atoms with van der Waals surface area (Å²) in [6.07, 6.45) is 1.68. The molecular weight excluding hydrogens is 458 g/mol. The second-order valence-electron chi connectivity index (χ2n) is 10.4. The quantitative estimate of drug-likeness (QED) is 0.574. The zero-order valence-electron chi connectivity index (χ0n) is 21.1. The molecule has 0 aliphatic carbocycles. The van der Waals surface area contributed by atoms with E-state index in [4.69, 9.17) is 0 Å². The Labute approximate surface area is 212 Å². The Kier molecular flexibility index (Phi) is 7.27. The largest absolute Gasteiger partial charge is 0.352 e. The van der Waals surface area contributed by atoms with Crippen LogP contribution in [0.25, 0.3) is 0 Å². The van der Waals surface area contributed by atoms with Crippen LogP contribution < -0.4 is 10.6 Å². The second kappa shape index (κ2) is 10.1. The molecule has 3 amide bonds. The molecule has 2 aromatic rings. The summed E-state index contributed by atoms with van der Waals surface area (Å²) < 4.78 is -0.487. The van der Waals surface area contributed by atoms with E-state index in [1.807, 2.05) is 77.1 Å². The van der Waals surface area contributed by atoms with Gasteiger partial charge < -0.3 is 15.5 Å². The Balaban J connectivity index is 1.43. The molecule has 2 aliphatic heterocycles. The van der Waals surface area contributed by atoms with Gasteiger partial charge in [0, 0.05) is 16.4 Å². The summed E-state index contributed by atoms with van der Waals surface area (Å²) >= 11 is 1.62. The fraction of sp³-hybridized carbons (Fsp3) is 0.464. The highest BCUT2D eigenvalue weighted by Gasteiger charge is 2.57. The van der Waals surface area contributed by atoms with Crippen molar-refractivity contribution < 1.29 is 14.4 Å². The van der Waals surface area contributed by atoms with E-state index in [9.17, 15) is 14.4 Å². The zero-order chi connectivity index (χ0) is 25.3. The highest BCUT2D eigenvalue weighted by atomic mass is 32.2. The molecule has 0 spiro atoms. The minimum Gasteiger partial charge on any atom is -0.352 e. The smallest absolute Gasteiger partial charge is 0.256 e. The number of carbonyl (C=O) groups excluding carboxylic acids is 3. The van der Waals surface area contributed by atoms with Gasteiger partial charge in [0.2, 0.25) is 11.8 Å². The predicted molar refractivity (Wildman–Crippen MR) is 140 cm³/mol. The van der Waals surface area contributed by atoms with Gasteiger partial charge in [-0.3, -0.25) is 14.4 Å². The summed E-state index contributed by atoms with van der Waals surface area (Å²) in [5.41, 5.74) is 2.84. The van der Waals surface area contributed by atoms with Gasteiger partial charge in [0.25, 0.3) is 5.91 Å². The van der Waals surface area contributed by atoms with Crippen LogP contribution in [0.4, 0.5) is 0 Å². The Morgan fingerprint density at radius 2 is 1.66 bits per heavy atom. The molecule has 7 heteroatoms. The van der Waals surface area contributed by atoms with Crippen LogP contribution in [0.5, 0.6) is 0 Å². The first-order valence-electron chi connectivity index (χ1n) is 12.3. The number of amides is 3. The van der Waals surface area contributed by atoms with Crippen LogP contribution in [0.2, 0.25) is 0 Å². The van der Waals surface area contributed by atoms with Crippen LogP contribution in [0.15, 0.2) is 54.6 Å². The molecule has 6 nitrogen and oxygen atoms in total. The van der Waals surface area contributed by atoms with Crippen LogP contribution in [0, 0.1) is 5.92 Å². The van der Waals surface area contributed by atoms with Crippen molar-refractivity contribution in [2.45, 2.75) is 75.7 Å². The van der Waals surface area contributed by atoms with E-state index >= 15 is 0 Å². The minimum absolute atomic E-state index is 0.0293. The first kappa shape index (κ1) is 25.3. The summed E-state index contributed by atoms with van der Waals surface area (Å²) in [7, 11) is 0. The average molecular weight is 494 g/mol. The van der Waals surface area contributed by atoms with Gasteiger partial charge in [-0.1, -0.05) is 62.4 Å². The van der Waals surface area contributed by atoms with Crippen molar-refractivity contribution >= 4 is 29.5 Å². The van der Waals surface area contributed by atoms with Crippen molar-refractivity contribution in [3.63, 3.8) is 0 Å². The number of aryl methyl sites for hydroxylation is 1. The highest BCUT2D eigenvalue weighted by Crippen LogP contribution is 2.56. The van der Waals surface area contributed by atoms with E-state index in [1.54, 1.807) is 16.7 Å². The van der Waals surface area contributed by atoms with E-state index in [-0.39, 0.29) is 35.1 Å². The number of carbonyl (C=O) groups is 3. The fourth-order valence-electron chi connectivity index (χ4n) is 5.00. The highest BCUT2D eigenvalue weighted by molar-refractivity contribution is 8.01. The molecule has 4 atom stereocenters. The van der Waals surface area contributed by atoms with Gasteiger partial charge in [0.05, 0.1) is 0 Å². The number of nitrogens with zero attached hydrogens (tertiary/aromatic N) is 1. The summed E-state index contributed by atoms with van der Waals surface area (Å²) in [4.78, 5) is 41.7. The Bertz CT molecular complexity index is 1100. The molecule has 2 aromatic carbocycles. The number of nitrogens with one attached hydrogen (secondary N) is 2. The monoisotopic (exact) mass is 493 g/mol. The Morgan fingerprint density at radius 3 is 2.34 bits per heavy atom. The summed E-state index contributed by atoms with van der Waals surface area (Å²) in [6.45, 7) is 9.82. The molecule has 35 heavy (non-hydrogen) atoms. The standard InChI is InChI=1S/C28H35N3O3S/c1-17(2)22(24(32)29-18(3)15-16-19-11-7-6-8-12-19)30-25(33)23-28(4,5)35-27-21-14-10-9-13-20(21)26(34)31(23)27/h6-14,17-18,22-23,27H,15-16H2,1-5H3,(H,29,32)(H,30,33)/t18-,22-,23-,27-/m0/s1. The van der Waals surface area contributed by atoms with Crippen molar-refractivity contribution in [2.75, 3.05) is 0 Å². The van der Waals surface area contributed by atoms with Gasteiger partial charge in [-0.15, -0.1) is 11.8 Å². The Morgan fingerprint density at radius 1 is 1.00 bits per heavy atom. The maximum absolute atomic E-state index is 13.6. The van der Waals surface area contributed by atoms with Crippen molar-refractivity contribution in [1.29, 1.82) is 0 Å². The lowest BCUT2D eigenvalue weighted by Crippen LogP contribution is -2.58. The fourth-order valence-corrected chi connectivity index (χ4v) is 6.59.